The third kappa shape index (κ3) is 6.05. The maximum atomic E-state index is 13.3. The first-order valence-corrected chi connectivity index (χ1v) is 11.5. The largest absolute Gasteiger partial charge is 0.395 e. The van der Waals surface area contributed by atoms with Gasteiger partial charge in [0.2, 0.25) is 10.0 Å². The predicted octanol–water partition coefficient (Wildman–Crippen LogP) is 4.93. The zero-order valence-electron chi connectivity index (χ0n) is 16.8. The van der Waals surface area contributed by atoms with Crippen molar-refractivity contribution in [1.82, 2.24) is 4.31 Å². The van der Waals surface area contributed by atoms with E-state index in [1.165, 1.54) is 22.0 Å². The van der Waals surface area contributed by atoms with Gasteiger partial charge in [-0.15, -0.1) is 0 Å². The molecule has 28 heavy (non-hydrogen) atoms. The summed E-state index contributed by atoms with van der Waals surface area (Å²) in [7, 11) is -3.74. The highest BCUT2D eigenvalue weighted by molar-refractivity contribution is 7.89. The Hall–Kier alpha value is -1.40. The highest BCUT2D eigenvalue weighted by Crippen LogP contribution is 2.26. The first-order valence-electron chi connectivity index (χ1n) is 9.69. The Bertz CT molecular complexity index is 823. The molecule has 0 aromatic heterocycles. The minimum absolute atomic E-state index is 0.200. The second kappa shape index (κ2) is 10.4. The van der Waals surface area contributed by atoms with Crippen molar-refractivity contribution in [2.24, 2.45) is 5.92 Å². The molecule has 0 heterocycles. The van der Waals surface area contributed by atoms with E-state index in [2.05, 4.69) is 19.1 Å². The molecule has 2 atom stereocenters. The van der Waals surface area contributed by atoms with E-state index in [1.54, 1.807) is 12.1 Å². The second-order valence-corrected chi connectivity index (χ2v) is 9.96. The molecule has 1 N–H and O–H groups in total. The predicted molar refractivity (Wildman–Crippen MR) is 115 cm³/mol. The molecular formula is C22H30ClNO3S. The van der Waals surface area contributed by atoms with E-state index in [-0.39, 0.29) is 23.3 Å². The SMILES string of the molecule is CC(C)CC(CO)N(CCC(C)c1ccccc1)S(=O)(=O)c1ccc(Cl)cc1. The molecule has 0 bridgehead atoms. The molecule has 0 fully saturated rings. The van der Waals surface area contributed by atoms with Crippen molar-refractivity contribution in [3.05, 3.63) is 65.2 Å². The maximum Gasteiger partial charge on any atom is 0.243 e. The molecule has 0 aliphatic carbocycles. The molecule has 2 rings (SSSR count). The third-order valence-corrected chi connectivity index (χ3v) is 7.15. The van der Waals surface area contributed by atoms with Crippen molar-refractivity contribution < 1.29 is 13.5 Å². The van der Waals surface area contributed by atoms with E-state index < -0.39 is 16.1 Å². The van der Waals surface area contributed by atoms with Crippen molar-refractivity contribution >= 4 is 21.6 Å². The summed E-state index contributed by atoms with van der Waals surface area (Å²) in [5, 5.41) is 10.4. The van der Waals surface area contributed by atoms with Gasteiger partial charge >= 0.3 is 0 Å². The number of aliphatic hydroxyl groups excluding tert-OH is 1. The van der Waals surface area contributed by atoms with Gasteiger partial charge in [0.05, 0.1) is 11.5 Å². The van der Waals surface area contributed by atoms with Crippen molar-refractivity contribution in [3.63, 3.8) is 0 Å². The topological polar surface area (TPSA) is 57.6 Å². The minimum atomic E-state index is -3.74. The normalized spacial score (nSPS) is 14.4. The fourth-order valence-corrected chi connectivity index (χ4v) is 5.11. The van der Waals surface area contributed by atoms with Crippen molar-refractivity contribution in [1.29, 1.82) is 0 Å². The molecule has 0 aliphatic heterocycles. The average Bonchev–Trinajstić information content (AvgIpc) is 2.67. The van der Waals surface area contributed by atoms with Gasteiger partial charge in [-0.1, -0.05) is 62.7 Å². The summed E-state index contributed by atoms with van der Waals surface area (Å²) in [6.45, 7) is 6.30. The summed E-state index contributed by atoms with van der Waals surface area (Å²) in [5.74, 6) is 0.481. The highest BCUT2D eigenvalue weighted by Gasteiger charge is 2.31. The lowest BCUT2D eigenvalue weighted by Crippen LogP contribution is -2.44. The molecule has 6 heteroatoms. The van der Waals surface area contributed by atoms with Crippen LogP contribution in [0.1, 0.15) is 45.1 Å². The van der Waals surface area contributed by atoms with Crippen LogP contribution in [-0.2, 0) is 10.0 Å². The Morgan fingerprint density at radius 1 is 1.00 bits per heavy atom. The van der Waals surface area contributed by atoms with Gasteiger partial charge in [0.25, 0.3) is 0 Å². The Labute approximate surface area is 174 Å². The van der Waals surface area contributed by atoms with Gasteiger partial charge in [-0.3, -0.25) is 0 Å². The Kier molecular flexibility index (Phi) is 8.50. The summed E-state index contributed by atoms with van der Waals surface area (Å²) in [4.78, 5) is 0.200. The molecule has 0 radical (unpaired) electrons. The molecule has 4 nitrogen and oxygen atoms in total. The summed E-state index contributed by atoms with van der Waals surface area (Å²) in [6, 6.07) is 15.8. The van der Waals surface area contributed by atoms with Gasteiger partial charge in [-0.2, -0.15) is 4.31 Å². The molecule has 2 aromatic carbocycles. The van der Waals surface area contributed by atoms with Gasteiger partial charge < -0.3 is 5.11 Å². The molecule has 2 aromatic rings. The molecule has 0 amide bonds. The maximum absolute atomic E-state index is 13.3. The fourth-order valence-electron chi connectivity index (χ4n) is 3.34. The second-order valence-electron chi connectivity index (χ2n) is 7.64. The lowest BCUT2D eigenvalue weighted by atomic mass is 9.97. The zero-order valence-corrected chi connectivity index (χ0v) is 18.3. The van der Waals surface area contributed by atoms with Crippen molar-refractivity contribution in [3.8, 4) is 0 Å². The monoisotopic (exact) mass is 423 g/mol. The minimum Gasteiger partial charge on any atom is -0.395 e. The van der Waals surface area contributed by atoms with Crippen LogP contribution in [-0.4, -0.2) is 37.0 Å². The molecular weight excluding hydrogens is 394 g/mol. The van der Waals surface area contributed by atoms with Crippen LogP contribution in [0.2, 0.25) is 5.02 Å². The molecule has 0 spiro atoms. The lowest BCUT2D eigenvalue weighted by Gasteiger charge is -2.31. The summed E-state index contributed by atoms with van der Waals surface area (Å²) < 4.78 is 28.2. The van der Waals surface area contributed by atoms with Gasteiger partial charge in [-0.25, -0.2) is 8.42 Å². The van der Waals surface area contributed by atoms with E-state index in [4.69, 9.17) is 11.6 Å². The van der Waals surface area contributed by atoms with Crippen LogP contribution < -0.4 is 0 Å². The van der Waals surface area contributed by atoms with E-state index in [9.17, 15) is 13.5 Å². The fraction of sp³-hybridized carbons (Fsp3) is 0.455. The number of halogens is 1. The quantitative estimate of drug-likeness (QED) is 0.589. The van der Waals surface area contributed by atoms with Crippen LogP contribution in [0.5, 0.6) is 0 Å². The number of sulfonamides is 1. The summed E-state index contributed by atoms with van der Waals surface area (Å²) >= 11 is 5.92. The smallest absolute Gasteiger partial charge is 0.243 e. The van der Waals surface area contributed by atoms with Crippen molar-refractivity contribution in [2.75, 3.05) is 13.2 Å². The Balaban J connectivity index is 2.29. The number of hydrogen-bond acceptors (Lipinski definition) is 3. The number of nitrogens with zero attached hydrogens (tertiary/aromatic N) is 1. The van der Waals surface area contributed by atoms with E-state index >= 15 is 0 Å². The van der Waals surface area contributed by atoms with E-state index in [1.807, 2.05) is 32.0 Å². The first kappa shape index (κ1) is 22.9. The highest BCUT2D eigenvalue weighted by atomic mass is 35.5. The van der Waals surface area contributed by atoms with Crippen LogP contribution in [0.3, 0.4) is 0 Å². The molecule has 0 saturated carbocycles. The Morgan fingerprint density at radius 3 is 2.14 bits per heavy atom. The van der Waals surface area contributed by atoms with Crippen LogP contribution in [0, 0.1) is 5.92 Å². The van der Waals surface area contributed by atoms with E-state index in [0.717, 1.165) is 0 Å². The van der Waals surface area contributed by atoms with Crippen molar-refractivity contribution in [2.45, 2.75) is 50.5 Å². The standard InChI is InChI=1S/C22H30ClNO3S/c1-17(2)15-21(16-25)24(14-13-18(3)19-7-5-4-6-8-19)28(26,27)22-11-9-20(23)10-12-22/h4-12,17-18,21,25H,13-16H2,1-3H3. The number of benzene rings is 2. The van der Waals surface area contributed by atoms with Gasteiger partial charge in [0, 0.05) is 17.6 Å². The summed E-state index contributed by atoms with van der Waals surface area (Å²) in [6.07, 6.45) is 1.27. The van der Waals surface area contributed by atoms with Gasteiger partial charge in [0.1, 0.15) is 0 Å². The zero-order chi connectivity index (χ0) is 20.7. The summed E-state index contributed by atoms with van der Waals surface area (Å²) in [5.41, 5.74) is 1.18. The Morgan fingerprint density at radius 2 is 1.61 bits per heavy atom. The van der Waals surface area contributed by atoms with E-state index in [0.29, 0.717) is 24.4 Å². The lowest BCUT2D eigenvalue weighted by molar-refractivity contribution is 0.165. The number of hydrogen-bond donors (Lipinski definition) is 1. The van der Waals surface area contributed by atoms with Gasteiger partial charge in [0.15, 0.2) is 0 Å². The van der Waals surface area contributed by atoms with Crippen LogP contribution in [0.4, 0.5) is 0 Å². The molecule has 154 valence electrons. The van der Waals surface area contributed by atoms with Crippen LogP contribution in [0.15, 0.2) is 59.5 Å². The van der Waals surface area contributed by atoms with Crippen LogP contribution >= 0.6 is 11.6 Å². The average molecular weight is 424 g/mol. The van der Waals surface area contributed by atoms with Crippen LogP contribution in [0.25, 0.3) is 0 Å². The number of rotatable bonds is 10. The third-order valence-electron chi connectivity index (χ3n) is 4.93. The van der Waals surface area contributed by atoms with Gasteiger partial charge in [-0.05, 0) is 54.5 Å². The molecule has 0 saturated heterocycles. The number of aliphatic hydroxyl groups is 1. The molecule has 0 aliphatic rings. The first-order chi connectivity index (χ1) is 13.3. The molecule has 2 unspecified atom stereocenters.